The van der Waals surface area contributed by atoms with Crippen molar-refractivity contribution in [3.8, 4) is 0 Å². The van der Waals surface area contributed by atoms with Gasteiger partial charge in [0.05, 0.1) is 4.90 Å². The number of sulfonamides is 1. The van der Waals surface area contributed by atoms with Crippen molar-refractivity contribution in [2.45, 2.75) is 43.4 Å². The fourth-order valence-corrected chi connectivity index (χ4v) is 5.20. The third-order valence-electron chi connectivity index (χ3n) is 5.39. The van der Waals surface area contributed by atoms with E-state index in [0.717, 1.165) is 38.8 Å². The molecule has 2 heterocycles. The van der Waals surface area contributed by atoms with E-state index in [0.29, 0.717) is 30.4 Å². The molecule has 2 amide bonds. The van der Waals surface area contributed by atoms with Crippen LogP contribution in [0.4, 0.5) is 4.79 Å². The predicted molar refractivity (Wildman–Crippen MR) is 101 cm³/mol. The number of urea groups is 1. The van der Waals surface area contributed by atoms with Crippen LogP contribution >= 0.6 is 0 Å². The highest BCUT2D eigenvalue weighted by molar-refractivity contribution is 7.89. The molecule has 1 N–H and O–H groups in total. The number of rotatable bonds is 4. The Morgan fingerprint density at radius 1 is 0.962 bits per heavy atom. The molecule has 0 spiro atoms. The molecular weight excluding hydrogens is 350 g/mol. The lowest BCUT2D eigenvalue weighted by atomic mass is 9.98. The lowest BCUT2D eigenvalue weighted by Gasteiger charge is -2.31. The Morgan fingerprint density at radius 3 is 2.19 bits per heavy atom. The van der Waals surface area contributed by atoms with Gasteiger partial charge in [-0.05, 0) is 43.7 Å². The summed E-state index contributed by atoms with van der Waals surface area (Å²) in [7, 11) is -3.40. The van der Waals surface area contributed by atoms with Crippen LogP contribution < -0.4 is 5.32 Å². The van der Waals surface area contributed by atoms with Crippen molar-refractivity contribution in [3.63, 3.8) is 0 Å². The molecule has 0 radical (unpaired) electrons. The third kappa shape index (κ3) is 4.76. The fraction of sp³-hybridized carbons (Fsp3) is 0.632. The van der Waals surface area contributed by atoms with Gasteiger partial charge in [0.2, 0.25) is 10.0 Å². The number of nitrogens with one attached hydrogen (secondary N) is 1. The molecular formula is C19H29N3O3S. The second-order valence-corrected chi connectivity index (χ2v) is 9.19. The second kappa shape index (κ2) is 8.86. The highest BCUT2D eigenvalue weighted by Gasteiger charge is 2.29. The van der Waals surface area contributed by atoms with Gasteiger partial charge in [-0.1, -0.05) is 31.0 Å². The predicted octanol–water partition coefficient (Wildman–Crippen LogP) is 2.67. The summed E-state index contributed by atoms with van der Waals surface area (Å²) >= 11 is 0. The Kier molecular flexibility index (Phi) is 6.53. The Bertz CT molecular complexity index is 677. The zero-order valence-electron chi connectivity index (χ0n) is 15.3. The molecule has 1 aromatic carbocycles. The molecule has 0 bridgehead atoms. The maximum atomic E-state index is 12.6. The summed E-state index contributed by atoms with van der Waals surface area (Å²) < 4.78 is 26.9. The van der Waals surface area contributed by atoms with E-state index in [-0.39, 0.29) is 6.03 Å². The maximum Gasteiger partial charge on any atom is 0.317 e. The molecule has 1 aromatic rings. The monoisotopic (exact) mass is 379 g/mol. The summed E-state index contributed by atoms with van der Waals surface area (Å²) in [4.78, 5) is 14.6. The van der Waals surface area contributed by atoms with E-state index >= 15 is 0 Å². The van der Waals surface area contributed by atoms with Crippen LogP contribution in [0.5, 0.6) is 0 Å². The van der Waals surface area contributed by atoms with Crippen molar-refractivity contribution < 1.29 is 13.2 Å². The van der Waals surface area contributed by atoms with Crippen molar-refractivity contribution >= 4 is 16.1 Å². The van der Waals surface area contributed by atoms with Crippen LogP contribution in [0.15, 0.2) is 35.2 Å². The lowest BCUT2D eigenvalue weighted by Crippen LogP contribution is -2.45. The molecule has 144 valence electrons. The number of hydrogen-bond acceptors (Lipinski definition) is 3. The first kappa shape index (κ1) is 19.2. The largest absolute Gasteiger partial charge is 0.338 e. The first-order valence-electron chi connectivity index (χ1n) is 9.65. The summed E-state index contributed by atoms with van der Waals surface area (Å²) in [5.74, 6) is 0.341. The van der Waals surface area contributed by atoms with E-state index in [9.17, 15) is 13.2 Å². The molecule has 0 aromatic heterocycles. The third-order valence-corrected chi connectivity index (χ3v) is 7.30. The molecule has 7 heteroatoms. The molecule has 26 heavy (non-hydrogen) atoms. The fourth-order valence-electron chi connectivity index (χ4n) is 3.71. The van der Waals surface area contributed by atoms with Gasteiger partial charge in [-0.15, -0.1) is 0 Å². The maximum absolute atomic E-state index is 12.6. The number of carbonyl (C=O) groups excluding carboxylic acids is 1. The molecule has 0 unspecified atom stereocenters. The highest BCUT2D eigenvalue weighted by Crippen LogP contribution is 2.23. The first-order chi connectivity index (χ1) is 12.6. The molecule has 2 fully saturated rings. The van der Waals surface area contributed by atoms with Crippen molar-refractivity contribution in [2.24, 2.45) is 5.92 Å². The summed E-state index contributed by atoms with van der Waals surface area (Å²) in [5, 5.41) is 3.05. The number of piperidine rings is 1. The van der Waals surface area contributed by atoms with Crippen molar-refractivity contribution in [1.29, 1.82) is 0 Å². The Morgan fingerprint density at radius 2 is 1.58 bits per heavy atom. The average molecular weight is 380 g/mol. The van der Waals surface area contributed by atoms with E-state index in [1.165, 1.54) is 12.8 Å². The molecule has 6 nitrogen and oxygen atoms in total. The van der Waals surface area contributed by atoms with Gasteiger partial charge >= 0.3 is 6.03 Å². The Labute approximate surface area is 156 Å². The number of nitrogens with zero attached hydrogens (tertiary/aromatic N) is 2. The Balaban J connectivity index is 1.46. The van der Waals surface area contributed by atoms with Crippen molar-refractivity contribution in [1.82, 2.24) is 14.5 Å². The van der Waals surface area contributed by atoms with Crippen LogP contribution in [0.2, 0.25) is 0 Å². The van der Waals surface area contributed by atoms with E-state index < -0.39 is 10.0 Å². The Hall–Kier alpha value is -1.60. The van der Waals surface area contributed by atoms with Gasteiger partial charge in [-0.2, -0.15) is 4.31 Å². The zero-order valence-corrected chi connectivity index (χ0v) is 16.1. The molecule has 0 saturated carbocycles. The minimum atomic E-state index is -3.40. The van der Waals surface area contributed by atoms with Gasteiger partial charge in [0.15, 0.2) is 0 Å². The minimum Gasteiger partial charge on any atom is -0.338 e. The van der Waals surface area contributed by atoms with Crippen LogP contribution in [0.3, 0.4) is 0 Å². The molecule has 0 aliphatic carbocycles. The normalized spacial score (nSPS) is 20.5. The van der Waals surface area contributed by atoms with Crippen molar-refractivity contribution in [3.05, 3.63) is 30.3 Å². The minimum absolute atomic E-state index is 0.0336. The number of hydrogen-bond donors (Lipinski definition) is 1. The molecule has 2 aliphatic rings. The van der Waals surface area contributed by atoms with Crippen molar-refractivity contribution in [2.75, 3.05) is 32.7 Å². The van der Waals surface area contributed by atoms with E-state index in [4.69, 9.17) is 0 Å². The van der Waals surface area contributed by atoms with Gasteiger partial charge in [0.25, 0.3) is 0 Å². The molecule has 2 aliphatic heterocycles. The van der Waals surface area contributed by atoms with Crippen LogP contribution in [0.25, 0.3) is 0 Å². The van der Waals surface area contributed by atoms with Crippen LogP contribution in [-0.2, 0) is 10.0 Å². The van der Waals surface area contributed by atoms with E-state index in [2.05, 4.69) is 5.32 Å². The topological polar surface area (TPSA) is 69.7 Å². The molecule has 0 atom stereocenters. The van der Waals surface area contributed by atoms with Gasteiger partial charge in [-0.25, -0.2) is 13.2 Å². The summed E-state index contributed by atoms with van der Waals surface area (Å²) in [5.41, 5.74) is 0. The van der Waals surface area contributed by atoms with Crippen LogP contribution in [0, 0.1) is 5.92 Å². The first-order valence-corrected chi connectivity index (χ1v) is 11.1. The summed E-state index contributed by atoms with van der Waals surface area (Å²) in [6, 6.07) is 8.63. The molecule has 3 rings (SSSR count). The smallest absolute Gasteiger partial charge is 0.317 e. The number of benzene rings is 1. The van der Waals surface area contributed by atoms with Crippen LogP contribution in [0.1, 0.15) is 38.5 Å². The number of carbonyl (C=O) groups is 1. The number of amides is 2. The SMILES string of the molecule is O=C(NCC1CCN(S(=O)(=O)c2ccccc2)CC1)N1CCCCCC1. The lowest BCUT2D eigenvalue weighted by molar-refractivity contribution is 0.193. The standard InChI is InChI=1S/C19H29N3O3S/c23-19(21-12-6-1-2-7-13-21)20-16-17-10-14-22(15-11-17)26(24,25)18-8-4-3-5-9-18/h3-5,8-9,17H,1-2,6-7,10-16H2,(H,20,23). The average Bonchev–Trinajstić information content (AvgIpc) is 2.97. The zero-order chi connectivity index (χ0) is 18.4. The van der Waals surface area contributed by atoms with Gasteiger partial charge < -0.3 is 10.2 Å². The summed E-state index contributed by atoms with van der Waals surface area (Å²) in [6.45, 7) is 3.36. The van der Waals surface area contributed by atoms with Crippen LogP contribution in [-0.4, -0.2) is 56.4 Å². The highest BCUT2D eigenvalue weighted by atomic mass is 32.2. The van der Waals surface area contributed by atoms with Gasteiger partial charge in [0.1, 0.15) is 0 Å². The quantitative estimate of drug-likeness (QED) is 0.874. The second-order valence-electron chi connectivity index (χ2n) is 7.25. The van der Waals surface area contributed by atoms with Gasteiger partial charge in [-0.3, -0.25) is 0 Å². The number of likely N-dealkylation sites (tertiary alicyclic amines) is 1. The van der Waals surface area contributed by atoms with E-state index in [1.54, 1.807) is 28.6 Å². The van der Waals surface area contributed by atoms with Gasteiger partial charge in [0, 0.05) is 32.7 Å². The molecule has 2 saturated heterocycles. The summed E-state index contributed by atoms with van der Waals surface area (Å²) in [6.07, 6.45) is 6.15. The van der Waals surface area contributed by atoms with E-state index in [1.807, 2.05) is 11.0 Å².